The second-order valence-corrected chi connectivity index (χ2v) is 13.1. The monoisotopic (exact) mass is 628 g/mol. The standard InChI is InChI=1S/C32H38BrClN2O4/c1-31(2,3)24-14-21(15-25(29(24)38)32(4,5)6)10-13-28(37)36-35-18-22-16-26(33)30(27(17-22)39-7)40-19-20-8-11-23(34)12-9-20/h8-9,11-12,14-18,38H,10,13,19H2,1-7H3,(H,36,37)/b35-18-. The number of rotatable bonds is 9. The van der Waals surface area contributed by atoms with Gasteiger partial charge in [0.05, 0.1) is 17.8 Å². The molecule has 0 unspecified atom stereocenters. The van der Waals surface area contributed by atoms with E-state index in [2.05, 4.69) is 68.0 Å². The largest absolute Gasteiger partial charge is 0.507 e. The van der Waals surface area contributed by atoms with E-state index in [1.54, 1.807) is 19.4 Å². The Morgan fingerprint density at radius 3 is 2.15 bits per heavy atom. The number of aromatic hydroxyl groups is 1. The van der Waals surface area contributed by atoms with Gasteiger partial charge in [-0.2, -0.15) is 5.10 Å². The van der Waals surface area contributed by atoms with Crippen molar-refractivity contribution < 1.29 is 19.4 Å². The first kappa shape index (κ1) is 31.5. The number of hydrogen-bond donors (Lipinski definition) is 2. The minimum Gasteiger partial charge on any atom is -0.507 e. The molecule has 0 radical (unpaired) electrons. The van der Waals surface area contributed by atoms with Crippen LogP contribution in [0.15, 0.2) is 58.1 Å². The third-order valence-corrected chi connectivity index (χ3v) is 7.22. The number of methoxy groups -OCH3 is 1. The highest BCUT2D eigenvalue weighted by molar-refractivity contribution is 9.10. The molecule has 1 amide bonds. The van der Waals surface area contributed by atoms with Gasteiger partial charge in [-0.1, -0.05) is 77.4 Å². The van der Waals surface area contributed by atoms with Gasteiger partial charge in [-0.3, -0.25) is 4.79 Å². The van der Waals surface area contributed by atoms with Gasteiger partial charge >= 0.3 is 0 Å². The molecule has 0 spiro atoms. The lowest BCUT2D eigenvalue weighted by Crippen LogP contribution is -2.20. The van der Waals surface area contributed by atoms with Crippen LogP contribution in [0.2, 0.25) is 5.02 Å². The molecule has 0 aliphatic carbocycles. The predicted molar refractivity (Wildman–Crippen MR) is 166 cm³/mol. The summed E-state index contributed by atoms with van der Waals surface area (Å²) < 4.78 is 12.2. The van der Waals surface area contributed by atoms with Crippen LogP contribution in [0.3, 0.4) is 0 Å². The molecule has 3 aromatic rings. The molecule has 0 aliphatic heterocycles. The van der Waals surface area contributed by atoms with Crippen molar-refractivity contribution >= 4 is 39.7 Å². The molecule has 8 heteroatoms. The number of hydrazone groups is 1. The van der Waals surface area contributed by atoms with Crippen molar-refractivity contribution in [3.05, 3.63) is 85.8 Å². The molecule has 40 heavy (non-hydrogen) atoms. The smallest absolute Gasteiger partial charge is 0.240 e. The normalized spacial score (nSPS) is 12.0. The van der Waals surface area contributed by atoms with Gasteiger partial charge in [0.25, 0.3) is 0 Å². The maximum Gasteiger partial charge on any atom is 0.240 e. The van der Waals surface area contributed by atoms with E-state index in [-0.39, 0.29) is 23.2 Å². The summed E-state index contributed by atoms with van der Waals surface area (Å²) in [5, 5.41) is 15.7. The molecule has 0 aliphatic rings. The Balaban J connectivity index is 1.65. The molecule has 0 bridgehead atoms. The van der Waals surface area contributed by atoms with Gasteiger partial charge in [-0.05, 0) is 85.3 Å². The molecular weight excluding hydrogens is 592 g/mol. The Labute approximate surface area is 250 Å². The number of amides is 1. The van der Waals surface area contributed by atoms with Gasteiger partial charge in [0.1, 0.15) is 12.4 Å². The number of ether oxygens (including phenoxy) is 2. The van der Waals surface area contributed by atoms with Crippen molar-refractivity contribution in [2.45, 2.75) is 71.8 Å². The fourth-order valence-corrected chi connectivity index (χ4v) is 4.87. The predicted octanol–water partition coefficient (Wildman–Crippen LogP) is 8.07. The number of halogens is 2. The first-order valence-electron chi connectivity index (χ1n) is 13.1. The van der Waals surface area contributed by atoms with Crippen LogP contribution in [0, 0.1) is 0 Å². The lowest BCUT2D eigenvalue weighted by molar-refractivity contribution is -0.121. The molecule has 3 rings (SSSR count). The first-order chi connectivity index (χ1) is 18.7. The fourth-order valence-electron chi connectivity index (χ4n) is 4.17. The van der Waals surface area contributed by atoms with Crippen LogP contribution < -0.4 is 14.9 Å². The van der Waals surface area contributed by atoms with Crippen molar-refractivity contribution in [3.8, 4) is 17.2 Å². The average Bonchev–Trinajstić information content (AvgIpc) is 2.86. The molecule has 0 aromatic heterocycles. The lowest BCUT2D eigenvalue weighted by Gasteiger charge is -2.28. The van der Waals surface area contributed by atoms with E-state index in [1.807, 2.05) is 42.5 Å². The van der Waals surface area contributed by atoms with Gasteiger partial charge < -0.3 is 14.6 Å². The Morgan fingerprint density at radius 2 is 1.60 bits per heavy atom. The molecule has 0 atom stereocenters. The Kier molecular flexibility index (Phi) is 10.3. The number of phenolic OH excluding ortho intramolecular Hbond substituents is 1. The number of nitrogens with one attached hydrogen (secondary N) is 1. The highest BCUT2D eigenvalue weighted by atomic mass is 79.9. The van der Waals surface area contributed by atoms with Crippen molar-refractivity contribution in [2.75, 3.05) is 7.11 Å². The summed E-state index contributed by atoms with van der Waals surface area (Å²) in [5.74, 6) is 1.23. The van der Waals surface area contributed by atoms with Gasteiger partial charge in [0, 0.05) is 11.4 Å². The third-order valence-electron chi connectivity index (χ3n) is 6.38. The number of aryl methyl sites for hydroxylation is 1. The molecule has 6 nitrogen and oxygen atoms in total. The molecule has 0 saturated carbocycles. The summed E-state index contributed by atoms with van der Waals surface area (Å²) in [5.41, 5.74) is 6.64. The number of benzene rings is 3. The lowest BCUT2D eigenvalue weighted by atomic mass is 9.78. The zero-order chi connectivity index (χ0) is 29.7. The molecule has 3 aromatic carbocycles. The van der Waals surface area contributed by atoms with E-state index in [4.69, 9.17) is 21.1 Å². The maximum atomic E-state index is 12.6. The number of nitrogens with zero attached hydrogens (tertiary/aromatic N) is 1. The van der Waals surface area contributed by atoms with Crippen LogP contribution in [-0.4, -0.2) is 24.3 Å². The Bertz CT molecular complexity index is 1340. The minimum atomic E-state index is -0.224. The average molecular weight is 630 g/mol. The first-order valence-corrected chi connectivity index (χ1v) is 14.3. The second-order valence-electron chi connectivity index (χ2n) is 11.8. The highest BCUT2D eigenvalue weighted by Gasteiger charge is 2.26. The molecule has 0 heterocycles. The number of carbonyl (C=O) groups is 1. The van der Waals surface area contributed by atoms with Crippen LogP contribution in [0.4, 0.5) is 0 Å². The highest BCUT2D eigenvalue weighted by Crippen LogP contribution is 2.40. The SMILES string of the molecule is COc1cc(/C=N\NC(=O)CCc2cc(C(C)(C)C)c(O)c(C(C)(C)C)c2)cc(Br)c1OCc1ccc(Cl)cc1. The van der Waals surface area contributed by atoms with Crippen molar-refractivity contribution in [3.63, 3.8) is 0 Å². The molecule has 0 fully saturated rings. The van der Waals surface area contributed by atoms with Crippen molar-refractivity contribution in [1.29, 1.82) is 0 Å². The van der Waals surface area contributed by atoms with Crippen LogP contribution in [0.5, 0.6) is 17.2 Å². The van der Waals surface area contributed by atoms with Crippen LogP contribution >= 0.6 is 27.5 Å². The minimum absolute atomic E-state index is 0.201. The second kappa shape index (κ2) is 13.1. The summed E-state index contributed by atoms with van der Waals surface area (Å²) >= 11 is 9.50. The summed E-state index contributed by atoms with van der Waals surface area (Å²) in [7, 11) is 1.57. The quantitative estimate of drug-likeness (QED) is 0.185. The van der Waals surface area contributed by atoms with E-state index < -0.39 is 0 Å². The maximum absolute atomic E-state index is 12.6. The molecular formula is C32H38BrClN2O4. The van der Waals surface area contributed by atoms with E-state index in [0.29, 0.717) is 39.8 Å². The van der Waals surface area contributed by atoms with Gasteiger partial charge in [-0.25, -0.2) is 5.43 Å². The van der Waals surface area contributed by atoms with Gasteiger partial charge in [0.15, 0.2) is 11.5 Å². The van der Waals surface area contributed by atoms with E-state index in [9.17, 15) is 9.90 Å². The summed E-state index contributed by atoms with van der Waals surface area (Å²) in [6.07, 6.45) is 2.36. The zero-order valence-electron chi connectivity index (χ0n) is 24.2. The van der Waals surface area contributed by atoms with Gasteiger partial charge in [-0.15, -0.1) is 0 Å². The zero-order valence-corrected chi connectivity index (χ0v) is 26.5. The fraction of sp³-hybridized carbons (Fsp3) is 0.375. The van der Waals surface area contributed by atoms with E-state index in [0.717, 1.165) is 27.8 Å². The number of carbonyl (C=O) groups excluding carboxylic acids is 1. The molecule has 0 saturated heterocycles. The summed E-state index contributed by atoms with van der Waals surface area (Å²) in [6, 6.07) is 15.1. The molecule has 2 N–H and O–H groups in total. The summed E-state index contributed by atoms with van der Waals surface area (Å²) in [6.45, 7) is 12.8. The Hall–Kier alpha value is -3.03. The van der Waals surface area contributed by atoms with Gasteiger partial charge in [0.2, 0.25) is 5.91 Å². The van der Waals surface area contributed by atoms with Crippen LogP contribution in [0.25, 0.3) is 0 Å². The van der Waals surface area contributed by atoms with E-state index >= 15 is 0 Å². The van der Waals surface area contributed by atoms with Crippen LogP contribution in [-0.2, 0) is 28.7 Å². The van der Waals surface area contributed by atoms with Crippen molar-refractivity contribution in [2.24, 2.45) is 5.10 Å². The van der Waals surface area contributed by atoms with E-state index in [1.165, 1.54) is 0 Å². The number of hydrogen-bond acceptors (Lipinski definition) is 5. The Morgan fingerprint density at radius 1 is 1.00 bits per heavy atom. The van der Waals surface area contributed by atoms with Crippen molar-refractivity contribution in [1.82, 2.24) is 5.43 Å². The number of phenols is 1. The van der Waals surface area contributed by atoms with Crippen LogP contribution in [0.1, 0.15) is 75.8 Å². The topological polar surface area (TPSA) is 80.2 Å². The third kappa shape index (κ3) is 8.48. The molecule has 214 valence electrons. The summed E-state index contributed by atoms with van der Waals surface area (Å²) in [4.78, 5) is 12.6.